The Morgan fingerprint density at radius 1 is 0.900 bits per heavy atom. The van der Waals surface area contributed by atoms with Crippen LogP contribution in [-0.4, -0.2) is 40.1 Å². The van der Waals surface area contributed by atoms with Crippen LogP contribution in [0.15, 0.2) is 37.6 Å². The fourth-order valence-corrected chi connectivity index (χ4v) is 1.38. The predicted molar refractivity (Wildman–Crippen MR) is 74.7 cm³/mol. The number of imidazole rings is 1. The van der Waals surface area contributed by atoms with E-state index in [1.807, 2.05) is 13.8 Å². The van der Waals surface area contributed by atoms with E-state index in [2.05, 4.69) is 40.1 Å². The molecule has 0 saturated carbocycles. The van der Waals surface area contributed by atoms with Gasteiger partial charge in [0.1, 0.15) is 18.2 Å². The van der Waals surface area contributed by atoms with E-state index in [0.29, 0.717) is 5.65 Å². The summed E-state index contributed by atoms with van der Waals surface area (Å²) in [6.07, 6.45) is 9.65. The first-order chi connectivity index (χ1) is 9.93. The highest BCUT2D eigenvalue weighted by atomic mass is 15.1. The smallest absolute Gasteiger partial charge is 0.180 e. The summed E-state index contributed by atoms with van der Waals surface area (Å²) in [5.74, 6) is 0. The molecular formula is C12H14N8. The number of nitrogens with zero attached hydrogens (tertiary/aromatic N) is 6. The van der Waals surface area contributed by atoms with Gasteiger partial charge in [-0.15, -0.1) is 0 Å². The number of hydrogen-bond acceptors (Lipinski definition) is 6. The van der Waals surface area contributed by atoms with Crippen molar-refractivity contribution in [1.29, 1.82) is 0 Å². The molecule has 4 aromatic heterocycles. The van der Waals surface area contributed by atoms with Gasteiger partial charge in [0.2, 0.25) is 0 Å². The van der Waals surface area contributed by atoms with Gasteiger partial charge < -0.3 is 4.98 Å². The molecule has 0 aliphatic rings. The Bertz CT molecular complexity index is 633. The van der Waals surface area contributed by atoms with Crippen molar-refractivity contribution in [2.24, 2.45) is 0 Å². The number of aromatic nitrogens is 8. The molecular weight excluding hydrogens is 256 g/mol. The van der Waals surface area contributed by atoms with Crippen LogP contribution in [0.4, 0.5) is 0 Å². The third-order valence-corrected chi connectivity index (χ3v) is 2.21. The van der Waals surface area contributed by atoms with Crippen molar-refractivity contribution < 1.29 is 0 Å². The minimum atomic E-state index is 0.713. The Labute approximate surface area is 114 Å². The van der Waals surface area contributed by atoms with Crippen LogP contribution in [0.2, 0.25) is 0 Å². The molecule has 8 nitrogen and oxygen atoms in total. The van der Waals surface area contributed by atoms with Crippen molar-refractivity contribution in [1.82, 2.24) is 40.1 Å². The molecule has 0 amide bonds. The summed E-state index contributed by atoms with van der Waals surface area (Å²) in [6, 6.07) is 0. The van der Waals surface area contributed by atoms with Gasteiger partial charge in [0, 0.05) is 6.20 Å². The summed E-state index contributed by atoms with van der Waals surface area (Å²) in [4.78, 5) is 22.2. The molecule has 0 aliphatic heterocycles. The summed E-state index contributed by atoms with van der Waals surface area (Å²) in [5, 5.41) is 7.43. The van der Waals surface area contributed by atoms with E-state index in [9.17, 15) is 0 Å². The van der Waals surface area contributed by atoms with Crippen LogP contribution in [0.5, 0.6) is 0 Å². The molecule has 4 heterocycles. The van der Waals surface area contributed by atoms with Gasteiger partial charge in [-0.2, -0.15) is 5.10 Å². The number of nitrogens with one attached hydrogen (secondary N) is 2. The first-order valence-corrected chi connectivity index (χ1v) is 6.11. The molecule has 20 heavy (non-hydrogen) atoms. The highest BCUT2D eigenvalue weighted by Gasteiger charge is 1.91. The third-order valence-electron chi connectivity index (χ3n) is 2.21. The molecule has 0 atom stereocenters. The predicted octanol–water partition coefficient (Wildman–Crippen LogP) is 1.73. The summed E-state index contributed by atoms with van der Waals surface area (Å²) >= 11 is 0. The molecule has 0 radical (unpaired) electrons. The molecule has 0 aliphatic carbocycles. The zero-order valence-corrected chi connectivity index (χ0v) is 11.1. The quantitative estimate of drug-likeness (QED) is 0.503. The average Bonchev–Trinajstić information content (AvgIpc) is 3.18. The molecule has 0 spiro atoms. The largest absolute Gasteiger partial charge is 0.342 e. The lowest BCUT2D eigenvalue weighted by molar-refractivity contribution is 1.09. The maximum absolute atomic E-state index is 3.91. The van der Waals surface area contributed by atoms with E-state index in [0.717, 1.165) is 16.6 Å². The second-order valence-electron chi connectivity index (χ2n) is 3.36. The number of hydrogen-bond donors (Lipinski definition) is 2. The van der Waals surface area contributed by atoms with Gasteiger partial charge in [0.15, 0.2) is 11.3 Å². The topological polar surface area (TPSA) is 109 Å². The van der Waals surface area contributed by atoms with Gasteiger partial charge in [-0.05, 0) is 0 Å². The SMILES string of the molecule is CC.c1ncc2[nH]cnc2n1.c1ncc2cn[nH]c2n1. The summed E-state index contributed by atoms with van der Waals surface area (Å²) < 4.78 is 0. The molecule has 0 fully saturated rings. The summed E-state index contributed by atoms with van der Waals surface area (Å²) in [7, 11) is 0. The van der Waals surface area contributed by atoms with Gasteiger partial charge in [0.05, 0.1) is 24.1 Å². The van der Waals surface area contributed by atoms with E-state index in [4.69, 9.17) is 0 Å². The van der Waals surface area contributed by atoms with Crippen molar-refractivity contribution in [2.75, 3.05) is 0 Å². The van der Waals surface area contributed by atoms with Crippen LogP contribution in [0.3, 0.4) is 0 Å². The number of aromatic amines is 2. The van der Waals surface area contributed by atoms with Crippen molar-refractivity contribution in [3.63, 3.8) is 0 Å². The minimum absolute atomic E-state index is 0.713. The molecule has 8 heteroatoms. The molecule has 4 aromatic rings. The second-order valence-corrected chi connectivity index (χ2v) is 3.36. The Balaban J connectivity index is 0.000000131. The van der Waals surface area contributed by atoms with Gasteiger partial charge in [-0.1, -0.05) is 13.8 Å². The van der Waals surface area contributed by atoms with Crippen LogP contribution in [0.1, 0.15) is 13.8 Å². The lowest BCUT2D eigenvalue weighted by atomic mass is 10.5. The zero-order valence-electron chi connectivity index (χ0n) is 11.1. The molecule has 2 N–H and O–H groups in total. The Morgan fingerprint density at radius 2 is 1.70 bits per heavy atom. The summed E-state index contributed by atoms with van der Waals surface area (Å²) in [6.45, 7) is 4.00. The molecule has 0 aromatic carbocycles. The van der Waals surface area contributed by atoms with Crippen molar-refractivity contribution in [3.8, 4) is 0 Å². The summed E-state index contributed by atoms with van der Waals surface area (Å²) in [5.41, 5.74) is 2.37. The lowest BCUT2D eigenvalue weighted by Crippen LogP contribution is -1.76. The molecule has 102 valence electrons. The van der Waals surface area contributed by atoms with Crippen LogP contribution in [-0.2, 0) is 0 Å². The standard InChI is InChI=1S/2C5H4N4.C2H6/c1-4-5(8-2-6-1)9-3-7-4;1-4-2-8-9-5(4)7-3-6-1;1-2/h2*1-3H,(H,6,7,8,9);1-2H3. The maximum Gasteiger partial charge on any atom is 0.180 e. The van der Waals surface area contributed by atoms with Gasteiger partial charge in [-0.25, -0.2) is 24.9 Å². The van der Waals surface area contributed by atoms with Crippen molar-refractivity contribution >= 4 is 22.2 Å². The first-order valence-electron chi connectivity index (χ1n) is 6.11. The number of fused-ring (bicyclic) bond motifs is 2. The van der Waals surface area contributed by atoms with Crippen LogP contribution in [0, 0.1) is 0 Å². The highest BCUT2D eigenvalue weighted by Crippen LogP contribution is 2.01. The maximum atomic E-state index is 3.91. The van der Waals surface area contributed by atoms with E-state index in [1.54, 1.807) is 24.9 Å². The Hall–Kier alpha value is -2.90. The van der Waals surface area contributed by atoms with E-state index < -0.39 is 0 Å². The van der Waals surface area contributed by atoms with Crippen molar-refractivity contribution in [3.05, 3.63) is 37.6 Å². The lowest BCUT2D eigenvalue weighted by Gasteiger charge is -1.80. The number of H-pyrrole nitrogens is 2. The Morgan fingerprint density at radius 3 is 2.50 bits per heavy atom. The van der Waals surface area contributed by atoms with Crippen LogP contribution >= 0.6 is 0 Å². The average molecular weight is 270 g/mol. The third kappa shape index (κ3) is 3.10. The fourth-order valence-electron chi connectivity index (χ4n) is 1.38. The normalized spacial score (nSPS) is 9.50. The van der Waals surface area contributed by atoms with Crippen molar-refractivity contribution in [2.45, 2.75) is 13.8 Å². The fraction of sp³-hybridized carbons (Fsp3) is 0.167. The first kappa shape index (κ1) is 13.5. The Kier molecular flexibility index (Phi) is 4.65. The van der Waals surface area contributed by atoms with Gasteiger partial charge >= 0.3 is 0 Å². The van der Waals surface area contributed by atoms with E-state index in [-0.39, 0.29) is 0 Å². The van der Waals surface area contributed by atoms with E-state index in [1.165, 1.54) is 12.7 Å². The van der Waals surface area contributed by atoms with Crippen LogP contribution in [0.25, 0.3) is 22.2 Å². The highest BCUT2D eigenvalue weighted by molar-refractivity contribution is 5.71. The molecule has 4 rings (SSSR count). The molecule has 0 saturated heterocycles. The minimum Gasteiger partial charge on any atom is -0.342 e. The molecule has 0 bridgehead atoms. The monoisotopic (exact) mass is 270 g/mol. The zero-order chi connectivity index (χ0) is 14.2. The van der Waals surface area contributed by atoms with Gasteiger partial charge in [-0.3, -0.25) is 5.10 Å². The molecule has 0 unspecified atom stereocenters. The van der Waals surface area contributed by atoms with E-state index >= 15 is 0 Å². The van der Waals surface area contributed by atoms with Gasteiger partial charge in [0.25, 0.3) is 0 Å². The van der Waals surface area contributed by atoms with Crippen LogP contribution < -0.4 is 0 Å². The number of rotatable bonds is 0. The second kappa shape index (κ2) is 6.88.